The van der Waals surface area contributed by atoms with E-state index in [9.17, 15) is 4.79 Å². The van der Waals surface area contributed by atoms with Crippen molar-refractivity contribution in [1.29, 1.82) is 0 Å². The van der Waals surface area contributed by atoms with Crippen molar-refractivity contribution < 1.29 is 4.79 Å². The van der Waals surface area contributed by atoms with E-state index in [0.29, 0.717) is 23.8 Å². The zero-order chi connectivity index (χ0) is 13.8. The molecule has 0 aromatic rings. The summed E-state index contributed by atoms with van der Waals surface area (Å²) >= 11 is 0. The van der Waals surface area contributed by atoms with Crippen LogP contribution in [0.3, 0.4) is 0 Å². The summed E-state index contributed by atoms with van der Waals surface area (Å²) < 4.78 is 0. The Balaban J connectivity index is 1.85. The molecule has 2 saturated heterocycles. The second kappa shape index (κ2) is 6.74. The lowest BCUT2D eigenvalue weighted by Crippen LogP contribution is -2.45. The lowest BCUT2D eigenvalue weighted by Gasteiger charge is -2.38. The molecule has 0 aliphatic carbocycles. The Kier molecular flexibility index (Phi) is 5.26. The Bertz CT molecular complexity index is 299. The van der Waals surface area contributed by atoms with Crippen LogP contribution in [0.4, 0.5) is 0 Å². The van der Waals surface area contributed by atoms with E-state index in [1.54, 1.807) is 0 Å². The minimum absolute atomic E-state index is 0.394. The highest BCUT2D eigenvalue weighted by Crippen LogP contribution is 2.27. The van der Waals surface area contributed by atoms with Crippen molar-refractivity contribution in [3.8, 4) is 0 Å². The van der Waals surface area contributed by atoms with Crippen LogP contribution in [-0.2, 0) is 4.79 Å². The molecule has 110 valence electrons. The zero-order valence-corrected chi connectivity index (χ0v) is 12.8. The number of likely N-dealkylation sites (tertiary alicyclic amines) is 1. The first-order valence-corrected chi connectivity index (χ1v) is 8.08. The molecule has 2 heterocycles. The largest absolute Gasteiger partial charge is 0.340 e. The Hall–Kier alpha value is -0.570. The van der Waals surface area contributed by atoms with Gasteiger partial charge in [-0.05, 0) is 63.5 Å². The second-order valence-electron chi connectivity index (χ2n) is 6.85. The smallest absolute Gasteiger partial charge is 0.223 e. The van der Waals surface area contributed by atoms with Crippen molar-refractivity contribution in [3.05, 3.63) is 0 Å². The van der Waals surface area contributed by atoms with Gasteiger partial charge in [0, 0.05) is 19.0 Å². The summed E-state index contributed by atoms with van der Waals surface area (Å²) in [6, 6.07) is 0.448. The van der Waals surface area contributed by atoms with E-state index in [-0.39, 0.29) is 0 Å². The van der Waals surface area contributed by atoms with Crippen molar-refractivity contribution >= 4 is 5.91 Å². The van der Waals surface area contributed by atoms with Gasteiger partial charge in [-0.25, -0.2) is 0 Å². The molecular formula is C16H30N2O. The van der Waals surface area contributed by atoms with Gasteiger partial charge in [-0.2, -0.15) is 0 Å². The quantitative estimate of drug-likeness (QED) is 0.852. The van der Waals surface area contributed by atoms with E-state index in [4.69, 9.17) is 0 Å². The summed E-state index contributed by atoms with van der Waals surface area (Å²) in [5.74, 6) is 2.35. The maximum Gasteiger partial charge on any atom is 0.223 e. The SMILES string of the molecule is CC1CCC(C)N(C(=O)CC(C)C2CCNCC2)C1. The predicted octanol–water partition coefficient (Wildman–Crippen LogP) is 2.66. The number of carbonyl (C=O) groups is 1. The minimum Gasteiger partial charge on any atom is -0.340 e. The van der Waals surface area contributed by atoms with E-state index in [1.165, 1.54) is 25.7 Å². The minimum atomic E-state index is 0.394. The molecule has 3 atom stereocenters. The van der Waals surface area contributed by atoms with E-state index >= 15 is 0 Å². The molecule has 2 aliphatic heterocycles. The van der Waals surface area contributed by atoms with Gasteiger partial charge >= 0.3 is 0 Å². The van der Waals surface area contributed by atoms with E-state index in [0.717, 1.165) is 32.0 Å². The fourth-order valence-electron chi connectivity index (χ4n) is 3.61. The highest BCUT2D eigenvalue weighted by Gasteiger charge is 2.29. The Morgan fingerprint density at radius 1 is 1.21 bits per heavy atom. The number of amides is 1. The van der Waals surface area contributed by atoms with Crippen LogP contribution in [0, 0.1) is 17.8 Å². The van der Waals surface area contributed by atoms with Gasteiger partial charge < -0.3 is 10.2 Å². The van der Waals surface area contributed by atoms with Crippen molar-refractivity contribution in [2.24, 2.45) is 17.8 Å². The van der Waals surface area contributed by atoms with Crippen molar-refractivity contribution in [1.82, 2.24) is 10.2 Å². The fraction of sp³-hybridized carbons (Fsp3) is 0.938. The lowest BCUT2D eigenvalue weighted by atomic mass is 9.83. The lowest BCUT2D eigenvalue weighted by molar-refractivity contribution is -0.136. The maximum absolute atomic E-state index is 12.5. The molecule has 3 heteroatoms. The van der Waals surface area contributed by atoms with Crippen LogP contribution < -0.4 is 5.32 Å². The van der Waals surface area contributed by atoms with Gasteiger partial charge in [0.05, 0.1) is 0 Å². The molecule has 2 rings (SSSR count). The number of nitrogens with one attached hydrogen (secondary N) is 1. The average Bonchev–Trinajstić information content (AvgIpc) is 2.42. The summed E-state index contributed by atoms with van der Waals surface area (Å²) in [6.07, 6.45) is 5.67. The Morgan fingerprint density at radius 3 is 2.58 bits per heavy atom. The molecule has 19 heavy (non-hydrogen) atoms. The molecule has 0 aromatic heterocycles. The van der Waals surface area contributed by atoms with Gasteiger partial charge in [0.1, 0.15) is 0 Å². The molecule has 3 unspecified atom stereocenters. The van der Waals surface area contributed by atoms with Crippen molar-refractivity contribution in [2.75, 3.05) is 19.6 Å². The van der Waals surface area contributed by atoms with Crippen molar-refractivity contribution in [2.45, 2.75) is 58.9 Å². The standard InChI is InChI=1S/C16H30N2O/c1-12-4-5-14(3)18(11-12)16(19)10-13(2)15-6-8-17-9-7-15/h12-15,17H,4-11H2,1-3H3. The first-order chi connectivity index (χ1) is 9.08. The van der Waals surface area contributed by atoms with Gasteiger partial charge in [-0.15, -0.1) is 0 Å². The van der Waals surface area contributed by atoms with E-state index in [1.807, 2.05) is 0 Å². The molecule has 2 fully saturated rings. The van der Waals surface area contributed by atoms with Crippen molar-refractivity contribution in [3.63, 3.8) is 0 Å². The molecular weight excluding hydrogens is 236 g/mol. The number of hydrogen-bond donors (Lipinski definition) is 1. The first kappa shape index (κ1) is 14.8. The summed E-state index contributed by atoms with van der Waals surface area (Å²) in [7, 11) is 0. The summed E-state index contributed by atoms with van der Waals surface area (Å²) in [5, 5.41) is 3.40. The molecule has 0 aromatic carbocycles. The predicted molar refractivity (Wildman–Crippen MR) is 78.9 cm³/mol. The number of piperidine rings is 2. The number of hydrogen-bond acceptors (Lipinski definition) is 2. The summed E-state index contributed by atoms with van der Waals surface area (Å²) in [5.41, 5.74) is 0. The summed E-state index contributed by atoms with van der Waals surface area (Å²) in [6.45, 7) is 9.97. The van der Waals surface area contributed by atoms with Gasteiger partial charge in [0.25, 0.3) is 0 Å². The van der Waals surface area contributed by atoms with Crippen LogP contribution in [0.25, 0.3) is 0 Å². The fourth-order valence-corrected chi connectivity index (χ4v) is 3.61. The first-order valence-electron chi connectivity index (χ1n) is 8.08. The van der Waals surface area contributed by atoms with Gasteiger partial charge in [0.2, 0.25) is 5.91 Å². The molecule has 1 amide bonds. The van der Waals surface area contributed by atoms with E-state index in [2.05, 4.69) is 31.0 Å². The number of carbonyl (C=O) groups excluding carboxylic acids is 1. The molecule has 0 radical (unpaired) electrons. The summed E-state index contributed by atoms with van der Waals surface area (Å²) in [4.78, 5) is 14.7. The van der Waals surface area contributed by atoms with Crippen LogP contribution in [0.1, 0.15) is 52.9 Å². The second-order valence-corrected chi connectivity index (χ2v) is 6.85. The highest BCUT2D eigenvalue weighted by atomic mass is 16.2. The molecule has 0 bridgehead atoms. The van der Waals surface area contributed by atoms with Crippen LogP contribution in [-0.4, -0.2) is 36.5 Å². The highest BCUT2D eigenvalue weighted by molar-refractivity contribution is 5.76. The van der Waals surface area contributed by atoms with Gasteiger partial charge in [-0.1, -0.05) is 13.8 Å². The molecule has 1 N–H and O–H groups in total. The third-order valence-corrected chi connectivity index (χ3v) is 5.12. The third kappa shape index (κ3) is 3.95. The maximum atomic E-state index is 12.5. The molecule has 0 saturated carbocycles. The number of nitrogens with zero attached hydrogens (tertiary/aromatic N) is 1. The van der Waals surface area contributed by atoms with Gasteiger partial charge in [0.15, 0.2) is 0 Å². The molecule has 0 spiro atoms. The van der Waals surface area contributed by atoms with Crippen LogP contribution >= 0.6 is 0 Å². The average molecular weight is 266 g/mol. The van der Waals surface area contributed by atoms with Gasteiger partial charge in [-0.3, -0.25) is 4.79 Å². The monoisotopic (exact) mass is 266 g/mol. The Morgan fingerprint density at radius 2 is 1.89 bits per heavy atom. The normalized spacial score (nSPS) is 31.2. The van der Waals surface area contributed by atoms with Crippen LogP contribution in [0.15, 0.2) is 0 Å². The Labute approximate surface area is 118 Å². The van der Waals surface area contributed by atoms with Crippen LogP contribution in [0.5, 0.6) is 0 Å². The topological polar surface area (TPSA) is 32.3 Å². The third-order valence-electron chi connectivity index (χ3n) is 5.12. The van der Waals surface area contributed by atoms with Crippen LogP contribution in [0.2, 0.25) is 0 Å². The zero-order valence-electron chi connectivity index (χ0n) is 12.8. The number of rotatable bonds is 3. The molecule has 3 nitrogen and oxygen atoms in total. The molecule has 2 aliphatic rings. The van der Waals surface area contributed by atoms with E-state index < -0.39 is 0 Å².